The Bertz CT molecular complexity index is 1390. The van der Waals surface area contributed by atoms with E-state index in [9.17, 15) is 14.4 Å². The second-order valence-corrected chi connectivity index (χ2v) is 13.0. The third-order valence-corrected chi connectivity index (χ3v) is 7.94. The summed E-state index contributed by atoms with van der Waals surface area (Å²) in [4.78, 5) is 39.7. The lowest BCUT2D eigenvalue weighted by molar-refractivity contribution is -0.119. The van der Waals surface area contributed by atoms with Crippen LogP contribution >= 0.6 is 0 Å². The maximum Gasteiger partial charge on any atom is 0.262 e. The molecule has 1 aliphatic heterocycles. The molecule has 2 N–H and O–H groups in total. The van der Waals surface area contributed by atoms with Gasteiger partial charge in [0, 0.05) is 47.0 Å². The molecule has 2 aliphatic carbocycles. The summed E-state index contributed by atoms with van der Waals surface area (Å²) in [5.41, 5.74) is 6.70. The second-order valence-electron chi connectivity index (χ2n) is 13.0. The molecule has 0 fully saturated rings. The van der Waals surface area contributed by atoms with E-state index in [4.69, 9.17) is 4.74 Å². The number of carbonyl (C=O) groups excluding carboxylic acids is 3. The monoisotopic (exact) mass is 526 g/mol. The van der Waals surface area contributed by atoms with Gasteiger partial charge in [0.25, 0.3) is 5.91 Å². The fourth-order valence-electron chi connectivity index (χ4n) is 6.30. The molecular weight excluding hydrogens is 488 g/mol. The number of hydrogen-bond acceptors (Lipinski definition) is 5. The number of nitrogens with one attached hydrogen (secondary N) is 2. The predicted molar refractivity (Wildman–Crippen MR) is 152 cm³/mol. The zero-order valence-electron chi connectivity index (χ0n) is 23.8. The highest BCUT2D eigenvalue weighted by Gasteiger charge is 2.46. The molecule has 0 aromatic heterocycles. The minimum Gasteiger partial charge on any atom is -0.484 e. The van der Waals surface area contributed by atoms with E-state index in [0.29, 0.717) is 29.7 Å². The van der Waals surface area contributed by atoms with Crippen molar-refractivity contribution in [1.29, 1.82) is 0 Å². The molecule has 6 nitrogen and oxygen atoms in total. The number of anilines is 1. The van der Waals surface area contributed by atoms with Gasteiger partial charge in [-0.1, -0.05) is 57.5 Å². The van der Waals surface area contributed by atoms with Crippen LogP contribution in [0.2, 0.25) is 0 Å². The van der Waals surface area contributed by atoms with Crippen molar-refractivity contribution in [3.05, 3.63) is 81.7 Å². The van der Waals surface area contributed by atoms with Crippen LogP contribution in [0.15, 0.2) is 65.0 Å². The normalized spacial score (nSPS) is 20.3. The molecule has 2 aromatic carbocycles. The van der Waals surface area contributed by atoms with Crippen LogP contribution in [0.1, 0.15) is 76.0 Å². The average molecular weight is 527 g/mol. The number of ketones is 2. The van der Waals surface area contributed by atoms with Gasteiger partial charge in [-0.05, 0) is 66.8 Å². The van der Waals surface area contributed by atoms with Crippen molar-refractivity contribution < 1.29 is 19.1 Å². The molecule has 0 radical (unpaired) electrons. The van der Waals surface area contributed by atoms with Gasteiger partial charge in [0.15, 0.2) is 18.2 Å². The Morgan fingerprint density at radius 3 is 2.10 bits per heavy atom. The van der Waals surface area contributed by atoms with Gasteiger partial charge in [0.2, 0.25) is 0 Å². The van der Waals surface area contributed by atoms with Crippen molar-refractivity contribution in [1.82, 2.24) is 5.32 Å². The second kappa shape index (κ2) is 9.82. The smallest absolute Gasteiger partial charge is 0.262 e. The van der Waals surface area contributed by atoms with Crippen molar-refractivity contribution in [3.8, 4) is 5.75 Å². The summed E-state index contributed by atoms with van der Waals surface area (Å²) in [5.74, 6) is 0.0112. The largest absolute Gasteiger partial charge is 0.484 e. The van der Waals surface area contributed by atoms with E-state index in [0.717, 1.165) is 46.6 Å². The van der Waals surface area contributed by atoms with Crippen LogP contribution in [0, 0.1) is 24.7 Å². The summed E-state index contributed by atoms with van der Waals surface area (Å²) in [5, 5.41) is 6.46. The van der Waals surface area contributed by atoms with Crippen molar-refractivity contribution in [2.45, 2.75) is 73.1 Å². The number of aryl methyl sites for hydroxylation is 2. The fraction of sp³-hybridized carbons (Fsp3) is 0.424. The highest BCUT2D eigenvalue weighted by atomic mass is 16.5. The first kappa shape index (κ1) is 26.9. The van der Waals surface area contributed by atoms with Crippen LogP contribution in [-0.2, 0) is 14.4 Å². The molecule has 0 bridgehead atoms. The highest BCUT2D eigenvalue weighted by molar-refractivity contribution is 6.06. The number of allylic oxidation sites excluding steroid dienone is 4. The molecule has 0 saturated heterocycles. The van der Waals surface area contributed by atoms with Crippen LogP contribution in [0.5, 0.6) is 5.75 Å². The lowest BCUT2D eigenvalue weighted by atomic mass is 9.64. The summed E-state index contributed by atoms with van der Waals surface area (Å²) in [6.45, 7) is 12.3. The van der Waals surface area contributed by atoms with Gasteiger partial charge in [0.05, 0.1) is 0 Å². The Labute approximate surface area is 230 Å². The maximum atomic E-state index is 13.5. The molecule has 204 valence electrons. The zero-order chi connectivity index (χ0) is 28.1. The number of hydrogen-bond donors (Lipinski definition) is 2. The lowest BCUT2D eigenvalue weighted by Gasteiger charge is -2.44. The number of dihydropyridines is 1. The topological polar surface area (TPSA) is 84.5 Å². The van der Waals surface area contributed by atoms with Gasteiger partial charge in [-0.25, -0.2) is 0 Å². The molecule has 3 aliphatic rings. The fourth-order valence-corrected chi connectivity index (χ4v) is 6.30. The number of benzene rings is 2. The molecule has 0 spiro atoms. The van der Waals surface area contributed by atoms with Gasteiger partial charge in [-0.2, -0.15) is 0 Å². The van der Waals surface area contributed by atoms with Crippen molar-refractivity contribution in [3.63, 3.8) is 0 Å². The number of ether oxygens (including phenoxy) is 1. The summed E-state index contributed by atoms with van der Waals surface area (Å²) in [7, 11) is 0. The molecule has 0 unspecified atom stereocenters. The van der Waals surface area contributed by atoms with Crippen LogP contribution in [0.3, 0.4) is 0 Å². The third kappa shape index (κ3) is 5.56. The molecule has 6 heteroatoms. The van der Waals surface area contributed by atoms with E-state index >= 15 is 0 Å². The van der Waals surface area contributed by atoms with Crippen LogP contribution in [0.25, 0.3) is 0 Å². The SMILES string of the molecule is Cc1ccc(NC(=O)COc2cccc(C3C4=C(CC(C)(C)CC4=O)NC4=C3C(=O)CC(C)(C)C4)c2)c(C)c1. The number of carbonyl (C=O) groups is 3. The first-order chi connectivity index (χ1) is 18.3. The Kier molecular flexibility index (Phi) is 6.78. The van der Waals surface area contributed by atoms with E-state index in [-0.39, 0.29) is 34.9 Å². The standard InChI is InChI=1S/C33H38N2O4/c1-19-10-11-23(20(2)12-19)35-28(38)18-39-22-9-7-8-21(13-22)29-30-24(14-32(3,4)16-26(30)36)34-25-15-33(5,6)17-27(37)31(25)29/h7-13,29,34H,14-18H2,1-6H3,(H,35,38). The van der Waals surface area contributed by atoms with Gasteiger partial charge in [-0.15, -0.1) is 0 Å². The number of rotatable bonds is 5. The average Bonchev–Trinajstić information content (AvgIpc) is 2.82. The molecule has 5 rings (SSSR count). The predicted octanol–water partition coefficient (Wildman–Crippen LogP) is 6.29. The molecule has 0 atom stereocenters. The molecular formula is C33H38N2O4. The zero-order valence-corrected chi connectivity index (χ0v) is 23.8. The molecule has 1 heterocycles. The van der Waals surface area contributed by atoms with Crippen LogP contribution in [0.4, 0.5) is 5.69 Å². The minimum absolute atomic E-state index is 0.0853. The number of Topliss-reactive ketones (excluding diaryl/α,β-unsaturated/α-hetero) is 2. The van der Waals surface area contributed by atoms with Gasteiger partial charge < -0.3 is 15.4 Å². The first-order valence-electron chi connectivity index (χ1n) is 13.7. The Morgan fingerprint density at radius 2 is 1.51 bits per heavy atom. The summed E-state index contributed by atoms with van der Waals surface area (Å²) >= 11 is 0. The molecule has 0 saturated carbocycles. The highest BCUT2D eigenvalue weighted by Crippen LogP contribution is 2.51. The summed E-state index contributed by atoms with van der Waals surface area (Å²) in [6, 6.07) is 13.4. The van der Waals surface area contributed by atoms with Crippen molar-refractivity contribution in [2.75, 3.05) is 11.9 Å². The quantitative estimate of drug-likeness (QED) is 0.478. The van der Waals surface area contributed by atoms with E-state index in [2.05, 4.69) is 38.3 Å². The Morgan fingerprint density at radius 1 is 0.897 bits per heavy atom. The number of amides is 1. The lowest BCUT2D eigenvalue weighted by Crippen LogP contribution is -2.42. The maximum absolute atomic E-state index is 13.5. The van der Waals surface area contributed by atoms with Gasteiger partial charge >= 0.3 is 0 Å². The van der Waals surface area contributed by atoms with E-state index in [1.54, 1.807) is 6.07 Å². The van der Waals surface area contributed by atoms with Gasteiger partial charge in [-0.3, -0.25) is 14.4 Å². The third-order valence-electron chi connectivity index (χ3n) is 7.94. The van der Waals surface area contributed by atoms with E-state index in [1.165, 1.54) is 0 Å². The van der Waals surface area contributed by atoms with E-state index in [1.807, 2.05) is 50.2 Å². The molecule has 2 aromatic rings. The van der Waals surface area contributed by atoms with Crippen LogP contribution in [-0.4, -0.2) is 24.1 Å². The minimum atomic E-state index is -0.434. The molecule has 39 heavy (non-hydrogen) atoms. The van der Waals surface area contributed by atoms with Crippen molar-refractivity contribution >= 4 is 23.2 Å². The Hall–Kier alpha value is -3.67. The summed E-state index contributed by atoms with van der Waals surface area (Å²) < 4.78 is 5.90. The van der Waals surface area contributed by atoms with E-state index < -0.39 is 5.92 Å². The van der Waals surface area contributed by atoms with Gasteiger partial charge in [0.1, 0.15) is 5.75 Å². The Balaban J connectivity index is 1.44. The summed E-state index contributed by atoms with van der Waals surface area (Å²) in [6.07, 6.45) is 2.40. The van der Waals surface area contributed by atoms with Crippen LogP contribution < -0.4 is 15.4 Å². The first-order valence-corrected chi connectivity index (χ1v) is 13.7. The van der Waals surface area contributed by atoms with Crippen molar-refractivity contribution in [2.24, 2.45) is 10.8 Å². The molecule has 1 amide bonds.